The fourth-order valence-corrected chi connectivity index (χ4v) is 2.60. The molecule has 3 aromatic rings. The van der Waals surface area contributed by atoms with E-state index < -0.39 is 0 Å². The Morgan fingerprint density at radius 1 is 1.23 bits per heavy atom. The van der Waals surface area contributed by atoms with Gasteiger partial charge in [-0.1, -0.05) is 17.7 Å². The summed E-state index contributed by atoms with van der Waals surface area (Å²) in [7, 11) is 1.47. The van der Waals surface area contributed by atoms with Crippen molar-refractivity contribution in [2.24, 2.45) is 0 Å². The summed E-state index contributed by atoms with van der Waals surface area (Å²) in [5, 5.41) is 12.9. The van der Waals surface area contributed by atoms with Crippen LogP contribution in [0.25, 0.3) is 11.3 Å². The van der Waals surface area contributed by atoms with Crippen LogP contribution >= 0.6 is 11.6 Å². The Kier molecular flexibility index (Phi) is 5.34. The van der Waals surface area contributed by atoms with Crippen molar-refractivity contribution in [1.82, 2.24) is 15.3 Å². The Bertz CT molecular complexity index is 930. The average molecular weight is 370 g/mol. The first-order valence-electron chi connectivity index (χ1n) is 7.79. The Balaban J connectivity index is 1.68. The van der Waals surface area contributed by atoms with E-state index in [0.717, 1.165) is 11.1 Å². The first-order valence-corrected chi connectivity index (χ1v) is 8.17. The molecule has 6 nitrogen and oxygen atoms in total. The standard InChI is InChI=1S/C19H16ClN3O3/c1-26-17-9-12(4-7-16(17)24)10-23-19(25)15-6-5-13(11-22-15)18-14(20)3-2-8-21-18/h2-9,11,24H,10H2,1H3,(H,23,25). The van der Waals surface area contributed by atoms with E-state index in [4.69, 9.17) is 16.3 Å². The first kappa shape index (κ1) is 17.7. The van der Waals surface area contributed by atoms with Crippen molar-refractivity contribution in [1.29, 1.82) is 0 Å². The van der Waals surface area contributed by atoms with Gasteiger partial charge in [-0.3, -0.25) is 14.8 Å². The Labute approximate surface area is 155 Å². The number of pyridine rings is 2. The number of methoxy groups -OCH3 is 1. The molecule has 0 spiro atoms. The van der Waals surface area contributed by atoms with Gasteiger partial charge in [-0.25, -0.2) is 0 Å². The van der Waals surface area contributed by atoms with Gasteiger partial charge in [0.2, 0.25) is 0 Å². The van der Waals surface area contributed by atoms with Crippen molar-refractivity contribution < 1.29 is 14.6 Å². The number of nitrogens with one attached hydrogen (secondary N) is 1. The molecule has 2 aromatic heterocycles. The number of ether oxygens (including phenoxy) is 1. The van der Waals surface area contributed by atoms with Crippen molar-refractivity contribution in [3.63, 3.8) is 0 Å². The molecule has 0 aliphatic carbocycles. The van der Waals surface area contributed by atoms with Gasteiger partial charge in [-0.15, -0.1) is 0 Å². The number of aromatic nitrogens is 2. The maximum Gasteiger partial charge on any atom is 0.270 e. The van der Waals surface area contributed by atoms with Crippen molar-refractivity contribution in [2.75, 3.05) is 7.11 Å². The Morgan fingerprint density at radius 3 is 2.77 bits per heavy atom. The number of hydrogen-bond acceptors (Lipinski definition) is 5. The maximum atomic E-state index is 12.3. The normalized spacial score (nSPS) is 10.4. The summed E-state index contributed by atoms with van der Waals surface area (Å²) in [4.78, 5) is 20.7. The van der Waals surface area contributed by atoms with Crippen LogP contribution in [0.4, 0.5) is 0 Å². The van der Waals surface area contributed by atoms with Gasteiger partial charge in [0, 0.05) is 24.5 Å². The average Bonchev–Trinajstić information content (AvgIpc) is 2.67. The van der Waals surface area contributed by atoms with E-state index in [1.807, 2.05) is 0 Å². The SMILES string of the molecule is COc1cc(CNC(=O)c2ccc(-c3ncccc3Cl)cn2)ccc1O. The molecule has 0 saturated heterocycles. The molecule has 2 heterocycles. The highest BCUT2D eigenvalue weighted by Crippen LogP contribution is 2.26. The van der Waals surface area contributed by atoms with Gasteiger partial charge in [-0.05, 0) is 42.0 Å². The van der Waals surface area contributed by atoms with Gasteiger partial charge in [0.05, 0.1) is 17.8 Å². The molecule has 0 aliphatic heterocycles. The number of carbonyl (C=O) groups is 1. The monoisotopic (exact) mass is 369 g/mol. The van der Waals surface area contributed by atoms with E-state index in [1.165, 1.54) is 13.2 Å². The second kappa shape index (κ2) is 7.84. The number of benzene rings is 1. The summed E-state index contributed by atoms with van der Waals surface area (Å²) in [6.07, 6.45) is 3.21. The fourth-order valence-electron chi connectivity index (χ4n) is 2.37. The molecule has 0 bridgehead atoms. The van der Waals surface area contributed by atoms with Crippen LogP contribution in [0.1, 0.15) is 16.1 Å². The zero-order valence-electron chi connectivity index (χ0n) is 13.9. The minimum atomic E-state index is -0.310. The smallest absolute Gasteiger partial charge is 0.270 e. The lowest BCUT2D eigenvalue weighted by Crippen LogP contribution is -2.23. The van der Waals surface area contributed by atoms with Crippen LogP contribution in [0.2, 0.25) is 5.02 Å². The van der Waals surface area contributed by atoms with Crippen LogP contribution in [0.3, 0.4) is 0 Å². The van der Waals surface area contributed by atoms with Crippen molar-refractivity contribution in [3.8, 4) is 22.8 Å². The van der Waals surface area contributed by atoms with Crippen molar-refractivity contribution >= 4 is 17.5 Å². The van der Waals surface area contributed by atoms with Crippen LogP contribution in [0, 0.1) is 0 Å². The van der Waals surface area contributed by atoms with Gasteiger partial charge >= 0.3 is 0 Å². The van der Waals surface area contributed by atoms with Crippen LogP contribution in [-0.2, 0) is 6.54 Å². The number of rotatable bonds is 5. The van der Waals surface area contributed by atoms with Gasteiger partial charge in [0.25, 0.3) is 5.91 Å². The van der Waals surface area contributed by atoms with E-state index in [9.17, 15) is 9.90 Å². The zero-order chi connectivity index (χ0) is 18.5. The van der Waals surface area contributed by atoms with E-state index in [2.05, 4.69) is 15.3 Å². The van der Waals surface area contributed by atoms with Crippen LogP contribution in [-0.4, -0.2) is 28.1 Å². The van der Waals surface area contributed by atoms with Crippen molar-refractivity contribution in [3.05, 3.63) is 71.1 Å². The number of phenolic OH excluding ortho intramolecular Hbond substituents is 1. The molecule has 132 valence electrons. The summed E-state index contributed by atoms with van der Waals surface area (Å²) < 4.78 is 5.05. The minimum Gasteiger partial charge on any atom is -0.504 e. The summed E-state index contributed by atoms with van der Waals surface area (Å²) in [5.41, 5.74) is 2.43. The minimum absolute atomic E-state index is 0.0491. The largest absolute Gasteiger partial charge is 0.504 e. The Hall–Kier alpha value is -3.12. The topological polar surface area (TPSA) is 84.3 Å². The van der Waals surface area contributed by atoms with Crippen LogP contribution in [0.15, 0.2) is 54.9 Å². The molecule has 0 aliphatic rings. The molecule has 0 radical (unpaired) electrons. The highest BCUT2D eigenvalue weighted by molar-refractivity contribution is 6.33. The van der Waals surface area contributed by atoms with Gasteiger partial charge in [0.15, 0.2) is 11.5 Å². The summed E-state index contributed by atoms with van der Waals surface area (Å²) in [6, 6.07) is 11.7. The van der Waals surface area contributed by atoms with Crippen molar-refractivity contribution in [2.45, 2.75) is 6.54 Å². The molecule has 2 N–H and O–H groups in total. The van der Waals surface area contributed by atoms with Gasteiger partial charge in [-0.2, -0.15) is 0 Å². The summed E-state index contributed by atoms with van der Waals surface area (Å²) in [6.45, 7) is 0.283. The second-order valence-corrected chi connectivity index (χ2v) is 5.86. The van der Waals surface area contributed by atoms with E-state index >= 15 is 0 Å². The van der Waals surface area contributed by atoms with Gasteiger partial charge in [0.1, 0.15) is 5.69 Å². The maximum absolute atomic E-state index is 12.3. The Morgan fingerprint density at radius 2 is 2.08 bits per heavy atom. The molecular formula is C19H16ClN3O3. The lowest BCUT2D eigenvalue weighted by molar-refractivity contribution is 0.0946. The van der Waals surface area contributed by atoms with E-state index in [0.29, 0.717) is 16.5 Å². The third kappa shape index (κ3) is 3.92. The molecule has 1 aromatic carbocycles. The fraction of sp³-hybridized carbons (Fsp3) is 0.105. The molecule has 0 unspecified atom stereocenters. The third-order valence-electron chi connectivity index (χ3n) is 3.73. The summed E-state index contributed by atoms with van der Waals surface area (Å²) in [5.74, 6) is 0.0928. The molecule has 1 amide bonds. The number of carbonyl (C=O) groups excluding carboxylic acids is 1. The molecule has 26 heavy (non-hydrogen) atoms. The number of hydrogen-bond donors (Lipinski definition) is 2. The van der Waals surface area contributed by atoms with E-state index in [1.54, 1.807) is 48.8 Å². The van der Waals surface area contributed by atoms with Crippen LogP contribution < -0.4 is 10.1 Å². The van der Waals surface area contributed by atoms with Gasteiger partial charge < -0.3 is 15.2 Å². The number of aromatic hydroxyl groups is 1. The molecule has 0 atom stereocenters. The number of nitrogens with zero attached hydrogens (tertiary/aromatic N) is 2. The zero-order valence-corrected chi connectivity index (χ0v) is 14.7. The lowest BCUT2D eigenvalue weighted by atomic mass is 10.1. The summed E-state index contributed by atoms with van der Waals surface area (Å²) >= 11 is 6.12. The third-order valence-corrected chi connectivity index (χ3v) is 4.03. The molecule has 0 fully saturated rings. The first-order chi connectivity index (χ1) is 12.6. The number of phenols is 1. The molecular weight excluding hydrogens is 354 g/mol. The highest BCUT2D eigenvalue weighted by Gasteiger charge is 2.10. The predicted molar refractivity (Wildman–Crippen MR) is 98.3 cm³/mol. The molecule has 7 heteroatoms. The molecule has 3 rings (SSSR count). The lowest BCUT2D eigenvalue weighted by Gasteiger charge is -2.08. The second-order valence-electron chi connectivity index (χ2n) is 5.45. The number of halogens is 1. The highest BCUT2D eigenvalue weighted by atomic mass is 35.5. The van der Waals surface area contributed by atoms with Crippen LogP contribution in [0.5, 0.6) is 11.5 Å². The predicted octanol–water partition coefficient (Wildman–Crippen LogP) is 3.44. The molecule has 0 saturated carbocycles. The van der Waals surface area contributed by atoms with E-state index in [-0.39, 0.29) is 23.9 Å². The quantitative estimate of drug-likeness (QED) is 0.719. The number of amides is 1.